The van der Waals surface area contributed by atoms with Crippen LogP contribution in [0.5, 0.6) is 0 Å². The fraction of sp³-hybridized carbons (Fsp3) is 0.333. The zero-order valence-electron chi connectivity index (χ0n) is 10.5. The number of fused-ring (bicyclic) bond motifs is 1. The van der Waals surface area contributed by atoms with E-state index in [2.05, 4.69) is 4.98 Å². The van der Waals surface area contributed by atoms with E-state index in [1.54, 1.807) is 12.4 Å². The molecule has 0 aliphatic heterocycles. The summed E-state index contributed by atoms with van der Waals surface area (Å²) in [5.41, 5.74) is 0.404. The highest BCUT2D eigenvalue weighted by molar-refractivity contribution is 6.09. The van der Waals surface area contributed by atoms with Crippen molar-refractivity contribution in [2.75, 3.05) is 0 Å². The molecule has 2 rings (SSSR count). The van der Waals surface area contributed by atoms with E-state index < -0.39 is 0 Å². The fourth-order valence-electron chi connectivity index (χ4n) is 1.82. The highest BCUT2D eigenvalue weighted by Gasteiger charge is 2.27. The smallest absolute Gasteiger partial charge is 0.170 e. The van der Waals surface area contributed by atoms with Crippen molar-refractivity contribution >= 4 is 16.6 Å². The zero-order chi connectivity index (χ0) is 12.5. The Morgan fingerprint density at radius 1 is 1.24 bits per heavy atom. The number of carbonyl (C=O) groups excluding carboxylic acids is 1. The molecule has 0 aliphatic carbocycles. The molecule has 0 amide bonds. The van der Waals surface area contributed by atoms with Crippen LogP contribution in [0.1, 0.15) is 37.6 Å². The molecule has 88 valence electrons. The van der Waals surface area contributed by atoms with E-state index in [9.17, 15) is 4.79 Å². The van der Waals surface area contributed by atoms with Crippen LogP contribution in [-0.2, 0) is 0 Å². The van der Waals surface area contributed by atoms with Crippen molar-refractivity contribution in [3.8, 4) is 0 Å². The normalized spacial score (nSPS) is 11.7. The highest BCUT2D eigenvalue weighted by Crippen LogP contribution is 2.28. The number of ketones is 1. The Kier molecular flexibility index (Phi) is 2.97. The number of rotatable bonds is 3. The third kappa shape index (κ3) is 2.07. The van der Waals surface area contributed by atoms with Gasteiger partial charge in [0.2, 0.25) is 0 Å². The Morgan fingerprint density at radius 2 is 1.94 bits per heavy atom. The van der Waals surface area contributed by atoms with Gasteiger partial charge in [-0.05, 0) is 11.8 Å². The van der Waals surface area contributed by atoms with E-state index in [1.165, 1.54) is 0 Å². The summed E-state index contributed by atoms with van der Waals surface area (Å²) in [4.78, 5) is 16.6. The molecule has 2 aromatic rings. The average molecular weight is 227 g/mol. The van der Waals surface area contributed by atoms with Crippen molar-refractivity contribution in [2.24, 2.45) is 5.41 Å². The van der Waals surface area contributed by atoms with Gasteiger partial charge in [-0.25, -0.2) is 0 Å². The first kappa shape index (κ1) is 11.8. The molecular weight excluding hydrogens is 210 g/mol. The van der Waals surface area contributed by atoms with Gasteiger partial charge in [-0.3, -0.25) is 9.78 Å². The lowest BCUT2D eigenvalue weighted by atomic mass is 9.81. The van der Waals surface area contributed by atoms with Crippen LogP contribution in [-0.4, -0.2) is 10.8 Å². The van der Waals surface area contributed by atoms with Crippen molar-refractivity contribution in [2.45, 2.75) is 27.2 Å². The molecule has 0 unspecified atom stereocenters. The molecule has 0 saturated carbocycles. The summed E-state index contributed by atoms with van der Waals surface area (Å²) in [6.07, 6.45) is 4.31. The van der Waals surface area contributed by atoms with Crippen molar-refractivity contribution in [1.29, 1.82) is 0 Å². The van der Waals surface area contributed by atoms with Crippen LogP contribution >= 0.6 is 0 Å². The third-order valence-corrected chi connectivity index (χ3v) is 3.41. The van der Waals surface area contributed by atoms with E-state index in [0.717, 1.165) is 22.8 Å². The van der Waals surface area contributed by atoms with Crippen molar-refractivity contribution < 1.29 is 4.79 Å². The molecule has 0 saturated heterocycles. The van der Waals surface area contributed by atoms with Gasteiger partial charge in [-0.2, -0.15) is 0 Å². The summed E-state index contributed by atoms with van der Waals surface area (Å²) in [5.74, 6) is 0.171. The maximum Gasteiger partial charge on any atom is 0.170 e. The Balaban J connectivity index is 2.60. The van der Waals surface area contributed by atoms with Crippen molar-refractivity contribution in [1.82, 2.24) is 4.98 Å². The summed E-state index contributed by atoms with van der Waals surface area (Å²) >= 11 is 0. The summed E-state index contributed by atoms with van der Waals surface area (Å²) in [7, 11) is 0. The van der Waals surface area contributed by atoms with Crippen LogP contribution < -0.4 is 0 Å². The standard InChI is InChI=1S/C15H17NO/c1-4-15(2,3)14(17)13-10-16-9-11-7-5-6-8-12(11)13/h5-10H,4H2,1-3H3. The van der Waals surface area contributed by atoms with Crippen LogP contribution in [0.2, 0.25) is 0 Å². The molecule has 0 bridgehead atoms. The van der Waals surface area contributed by atoms with Crippen LogP contribution in [0.15, 0.2) is 36.7 Å². The molecule has 0 atom stereocenters. The van der Waals surface area contributed by atoms with Crippen LogP contribution in [0.4, 0.5) is 0 Å². The Labute approximate surface area is 102 Å². The molecule has 2 heteroatoms. The van der Waals surface area contributed by atoms with Crippen LogP contribution in [0.25, 0.3) is 10.8 Å². The third-order valence-electron chi connectivity index (χ3n) is 3.41. The first-order valence-electron chi connectivity index (χ1n) is 5.94. The molecular formula is C15H17NO. The van der Waals surface area contributed by atoms with Crippen LogP contribution in [0, 0.1) is 5.41 Å². The van der Waals surface area contributed by atoms with Gasteiger partial charge >= 0.3 is 0 Å². The topological polar surface area (TPSA) is 30.0 Å². The second-order valence-electron chi connectivity index (χ2n) is 4.97. The number of carbonyl (C=O) groups is 1. The van der Waals surface area contributed by atoms with E-state index in [4.69, 9.17) is 0 Å². The number of aromatic nitrogens is 1. The monoisotopic (exact) mass is 227 g/mol. The molecule has 17 heavy (non-hydrogen) atoms. The molecule has 2 nitrogen and oxygen atoms in total. The molecule has 0 radical (unpaired) electrons. The Hall–Kier alpha value is -1.70. The van der Waals surface area contributed by atoms with E-state index in [1.807, 2.05) is 45.0 Å². The van der Waals surface area contributed by atoms with Gasteiger partial charge in [-0.15, -0.1) is 0 Å². The first-order chi connectivity index (χ1) is 8.06. The highest BCUT2D eigenvalue weighted by atomic mass is 16.1. The number of hydrogen-bond donors (Lipinski definition) is 0. The van der Waals surface area contributed by atoms with Gasteiger partial charge in [0.15, 0.2) is 5.78 Å². The quantitative estimate of drug-likeness (QED) is 0.745. The zero-order valence-corrected chi connectivity index (χ0v) is 10.5. The van der Waals surface area contributed by atoms with Gasteiger partial charge in [0, 0.05) is 28.8 Å². The average Bonchev–Trinajstić information content (AvgIpc) is 2.37. The predicted octanol–water partition coefficient (Wildman–Crippen LogP) is 3.85. The minimum absolute atomic E-state index is 0.171. The fourth-order valence-corrected chi connectivity index (χ4v) is 1.82. The van der Waals surface area contributed by atoms with Gasteiger partial charge < -0.3 is 0 Å². The van der Waals surface area contributed by atoms with Gasteiger partial charge in [0.1, 0.15) is 0 Å². The lowest BCUT2D eigenvalue weighted by Gasteiger charge is -2.21. The number of nitrogens with zero attached hydrogens (tertiary/aromatic N) is 1. The number of benzene rings is 1. The minimum atomic E-state index is -0.328. The largest absolute Gasteiger partial charge is 0.293 e. The second kappa shape index (κ2) is 4.28. The first-order valence-corrected chi connectivity index (χ1v) is 5.94. The molecule has 1 aromatic carbocycles. The van der Waals surface area contributed by atoms with Gasteiger partial charge in [0.25, 0.3) is 0 Å². The lowest BCUT2D eigenvalue weighted by Crippen LogP contribution is -2.23. The van der Waals surface area contributed by atoms with Gasteiger partial charge in [0.05, 0.1) is 0 Å². The lowest BCUT2D eigenvalue weighted by molar-refractivity contribution is 0.0834. The van der Waals surface area contributed by atoms with Crippen molar-refractivity contribution in [3.63, 3.8) is 0 Å². The maximum atomic E-state index is 12.5. The molecule has 0 aliphatic rings. The second-order valence-corrected chi connectivity index (χ2v) is 4.97. The van der Waals surface area contributed by atoms with E-state index in [-0.39, 0.29) is 11.2 Å². The minimum Gasteiger partial charge on any atom is -0.293 e. The Morgan fingerprint density at radius 3 is 2.65 bits per heavy atom. The maximum absolute atomic E-state index is 12.5. The summed E-state index contributed by atoms with van der Waals surface area (Å²) in [5, 5.41) is 2.01. The predicted molar refractivity (Wildman–Crippen MR) is 70.1 cm³/mol. The Bertz CT molecular complexity index is 552. The number of hydrogen-bond acceptors (Lipinski definition) is 2. The van der Waals surface area contributed by atoms with Gasteiger partial charge in [-0.1, -0.05) is 45.0 Å². The molecule has 1 aromatic heterocycles. The van der Waals surface area contributed by atoms with E-state index in [0.29, 0.717) is 0 Å². The number of pyridine rings is 1. The van der Waals surface area contributed by atoms with Crippen molar-refractivity contribution in [3.05, 3.63) is 42.2 Å². The SMILES string of the molecule is CCC(C)(C)C(=O)c1cncc2ccccc12. The van der Waals surface area contributed by atoms with Crippen LogP contribution in [0.3, 0.4) is 0 Å². The molecule has 0 N–H and O–H groups in total. The molecule has 0 fully saturated rings. The molecule has 0 spiro atoms. The van der Waals surface area contributed by atoms with E-state index >= 15 is 0 Å². The summed E-state index contributed by atoms with van der Waals surface area (Å²) in [6, 6.07) is 7.88. The summed E-state index contributed by atoms with van der Waals surface area (Å²) in [6.45, 7) is 6.00. The number of Topliss-reactive ketones (excluding diaryl/α,β-unsaturated/α-hetero) is 1. The molecule has 1 heterocycles. The summed E-state index contributed by atoms with van der Waals surface area (Å²) < 4.78 is 0.